The Balaban J connectivity index is 1.96. The van der Waals surface area contributed by atoms with Crippen molar-refractivity contribution in [2.24, 2.45) is 0 Å². The van der Waals surface area contributed by atoms with Crippen LogP contribution in [0.4, 0.5) is 0 Å². The lowest BCUT2D eigenvalue weighted by Crippen LogP contribution is -2.38. The van der Waals surface area contributed by atoms with Crippen molar-refractivity contribution < 1.29 is 14.6 Å². The predicted octanol–water partition coefficient (Wildman–Crippen LogP) is -0.103. The van der Waals surface area contributed by atoms with E-state index in [1.54, 1.807) is 12.1 Å². The fourth-order valence-corrected chi connectivity index (χ4v) is 1.69. The molecule has 0 aliphatic carbocycles. The van der Waals surface area contributed by atoms with Crippen LogP contribution in [-0.2, 0) is 13.0 Å². The summed E-state index contributed by atoms with van der Waals surface area (Å²) in [5, 5.41) is 17.9. The van der Waals surface area contributed by atoms with Crippen LogP contribution < -0.4 is 10.0 Å². The molecule has 0 saturated heterocycles. The number of aryl methyl sites for hydroxylation is 2. The van der Waals surface area contributed by atoms with Gasteiger partial charge in [0.05, 0.1) is 0 Å². The van der Waals surface area contributed by atoms with E-state index in [1.807, 2.05) is 35.2 Å². The smallest absolute Gasteiger partial charge is 0.423 e. The summed E-state index contributed by atoms with van der Waals surface area (Å²) < 4.78 is 2.03. The van der Waals surface area contributed by atoms with Crippen LogP contribution in [0, 0.1) is 0 Å². The summed E-state index contributed by atoms with van der Waals surface area (Å²) >= 11 is 0. The summed E-state index contributed by atoms with van der Waals surface area (Å²) in [6.07, 6.45) is 4.68. The highest BCUT2D eigenvalue weighted by molar-refractivity contribution is 6.58. The first-order valence-corrected chi connectivity index (χ1v) is 5.65. The summed E-state index contributed by atoms with van der Waals surface area (Å²) in [6.45, 7) is 0.881. The Morgan fingerprint density at radius 1 is 0.941 bits per heavy atom. The van der Waals surface area contributed by atoms with E-state index in [-0.39, 0.29) is 0 Å². The zero-order valence-corrected chi connectivity index (χ0v) is 9.53. The molecule has 0 bridgehead atoms. The third kappa shape index (κ3) is 3.41. The van der Waals surface area contributed by atoms with Gasteiger partial charge in [-0.05, 0) is 11.0 Å². The van der Waals surface area contributed by atoms with Crippen LogP contribution >= 0.6 is 0 Å². The minimum Gasteiger partial charge on any atom is -0.423 e. The second-order valence-corrected chi connectivity index (χ2v) is 3.98. The Morgan fingerprint density at radius 2 is 1.59 bits per heavy atom. The molecule has 1 aromatic carbocycles. The van der Waals surface area contributed by atoms with E-state index < -0.39 is 7.12 Å². The van der Waals surface area contributed by atoms with Gasteiger partial charge in [-0.15, -0.1) is 0 Å². The lowest BCUT2D eigenvalue weighted by Gasteiger charge is -2.00. The van der Waals surface area contributed by atoms with E-state index in [0.29, 0.717) is 5.46 Å². The molecule has 2 N–H and O–H groups in total. The van der Waals surface area contributed by atoms with E-state index in [1.165, 1.54) is 5.56 Å². The average Bonchev–Trinajstić information content (AvgIpc) is 2.38. The van der Waals surface area contributed by atoms with Crippen molar-refractivity contribution in [1.29, 1.82) is 0 Å². The topological polar surface area (TPSA) is 44.3 Å². The summed E-state index contributed by atoms with van der Waals surface area (Å²) in [5.41, 5.74) is 1.81. The molecule has 0 fully saturated rings. The van der Waals surface area contributed by atoms with Crippen LogP contribution in [0.1, 0.15) is 5.56 Å². The highest BCUT2D eigenvalue weighted by Crippen LogP contribution is 1.98. The summed E-state index contributed by atoms with van der Waals surface area (Å²) in [5.74, 6) is 0. The standard InChI is InChI=1S/C13H15BNO2/c16-14(17)13-7-10-15(11-8-13)9-6-12-4-2-1-3-5-12/h1-5,7-8,10-11,16-17H,6,9H2/q+1. The zero-order valence-electron chi connectivity index (χ0n) is 9.53. The molecule has 0 amide bonds. The first kappa shape index (κ1) is 11.8. The molecule has 0 aliphatic heterocycles. The molecule has 0 saturated carbocycles. The van der Waals surface area contributed by atoms with Crippen molar-refractivity contribution in [3.63, 3.8) is 0 Å². The molecule has 86 valence electrons. The van der Waals surface area contributed by atoms with Gasteiger partial charge in [-0.2, -0.15) is 0 Å². The summed E-state index contributed by atoms with van der Waals surface area (Å²) in [7, 11) is -1.39. The maximum absolute atomic E-state index is 8.97. The number of hydrogen-bond acceptors (Lipinski definition) is 2. The van der Waals surface area contributed by atoms with Crippen molar-refractivity contribution in [2.45, 2.75) is 13.0 Å². The largest absolute Gasteiger partial charge is 0.488 e. The van der Waals surface area contributed by atoms with Crippen LogP contribution in [0.2, 0.25) is 0 Å². The highest BCUT2D eigenvalue weighted by Gasteiger charge is 2.12. The third-order valence-corrected chi connectivity index (χ3v) is 2.72. The van der Waals surface area contributed by atoms with Gasteiger partial charge in [0.2, 0.25) is 0 Å². The maximum atomic E-state index is 8.97. The van der Waals surface area contributed by atoms with E-state index in [4.69, 9.17) is 10.0 Å². The van der Waals surface area contributed by atoms with Crippen LogP contribution in [-0.4, -0.2) is 17.2 Å². The number of pyridine rings is 1. The van der Waals surface area contributed by atoms with Crippen molar-refractivity contribution in [3.05, 3.63) is 60.4 Å². The van der Waals surface area contributed by atoms with E-state index in [2.05, 4.69) is 12.1 Å². The summed E-state index contributed by atoms with van der Waals surface area (Å²) in [4.78, 5) is 0. The Bertz CT molecular complexity index is 457. The molecule has 0 unspecified atom stereocenters. The zero-order chi connectivity index (χ0) is 12.1. The van der Waals surface area contributed by atoms with Crippen molar-refractivity contribution in [3.8, 4) is 0 Å². The average molecular weight is 228 g/mol. The van der Waals surface area contributed by atoms with Gasteiger partial charge in [0, 0.05) is 18.6 Å². The molecule has 0 radical (unpaired) electrons. The Morgan fingerprint density at radius 3 is 2.18 bits per heavy atom. The van der Waals surface area contributed by atoms with E-state index in [0.717, 1.165) is 13.0 Å². The molecule has 1 heterocycles. The second-order valence-electron chi connectivity index (χ2n) is 3.98. The minimum absolute atomic E-state index is 0.515. The lowest BCUT2D eigenvalue weighted by atomic mass is 9.81. The Hall–Kier alpha value is -1.65. The van der Waals surface area contributed by atoms with Crippen molar-refractivity contribution in [1.82, 2.24) is 0 Å². The highest BCUT2D eigenvalue weighted by atomic mass is 16.4. The second kappa shape index (κ2) is 5.61. The molecule has 0 spiro atoms. The molecule has 17 heavy (non-hydrogen) atoms. The quantitative estimate of drug-likeness (QED) is 0.566. The molecule has 2 rings (SSSR count). The van der Waals surface area contributed by atoms with Crippen LogP contribution in [0.3, 0.4) is 0 Å². The number of nitrogens with zero attached hydrogens (tertiary/aromatic N) is 1. The SMILES string of the molecule is OB(O)c1cc[n+](CCc2ccccc2)cc1. The summed E-state index contributed by atoms with van der Waals surface area (Å²) in [6, 6.07) is 13.7. The maximum Gasteiger partial charge on any atom is 0.488 e. The van der Waals surface area contributed by atoms with Gasteiger partial charge in [0.25, 0.3) is 0 Å². The van der Waals surface area contributed by atoms with Gasteiger partial charge in [0.1, 0.15) is 0 Å². The Kier molecular flexibility index (Phi) is 3.91. The molecular weight excluding hydrogens is 213 g/mol. The van der Waals surface area contributed by atoms with Gasteiger partial charge in [-0.1, -0.05) is 30.3 Å². The van der Waals surface area contributed by atoms with Gasteiger partial charge < -0.3 is 10.0 Å². The molecule has 2 aromatic rings. The molecule has 3 nitrogen and oxygen atoms in total. The molecule has 4 heteroatoms. The van der Waals surface area contributed by atoms with Crippen LogP contribution in [0.25, 0.3) is 0 Å². The third-order valence-electron chi connectivity index (χ3n) is 2.72. The molecule has 1 aromatic heterocycles. The van der Waals surface area contributed by atoms with Crippen LogP contribution in [0.5, 0.6) is 0 Å². The van der Waals surface area contributed by atoms with Gasteiger partial charge in [0.15, 0.2) is 18.9 Å². The number of hydrogen-bond donors (Lipinski definition) is 2. The minimum atomic E-state index is -1.39. The van der Waals surface area contributed by atoms with Crippen LogP contribution in [0.15, 0.2) is 54.9 Å². The lowest BCUT2D eigenvalue weighted by molar-refractivity contribution is -0.696. The van der Waals surface area contributed by atoms with Gasteiger partial charge >= 0.3 is 7.12 Å². The van der Waals surface area contributed by atoms with E-state index >= 15 is 0 Å². The van der Waals surface area contributed by atoms with Crippen molar-refractivity contribution in [2.75, 3.05) is 0 Å². The number of rotatable bonds is 4. The predicted molar refractivity (Wildman–Crippen MR) is 66.6 cm³/mol. The van der Waals surface area contributed by atoms with Gasteiger partial charge in [-0.25, -0.2) is 4.57 Å². The number of benzene rings is 1. The number of aromatic nitrogens is 1. The first-order chi connectivity index (χ1) is 8.25. The Labute approximate surface area is 101 Å². The van der Waals surface area contributed by atoms with E-state index in [9.17, 15) is 0 Å². The molecule has 0 atom stereocenters. The fraction of sp³-hybridized carbons (Fsp3) is 0.154. The monoisotopic (exact) mass is 228 g/mol. The van der Waals surface area contributed by atoms with Gasteiger partial charge in [-0.3, -0.25) is 0 Å². The first-order valence-electron chi connectivity index (χ1n) is 5.65. The molecule has 0 aliphatic rings. The fourth-order valence-electron chi connectivity index (χ4n) is 1.69. The molecular formula is C13H15BNO2+. The van der Waals surface area contributed by atoms with Crippen molar-refractivity contribution >= 4 is 12.6 Å². The normalized spacial score (nSPS) is 10.2.